The van der Waals surface area contributed by atoms with Crippen molar-refractivity contribution in [3.05, 3.63) is 35.4 Å². The minimum atomic E-state index is -1.25. The van der Waals surface area contributed by atoms with Crippen LogP contribution in [-0.4, -0.2) is 16.1 Å². The fraction of sp³-hybridized carbons (Fsp3) is 0.467. The summed E-state index contributed by atoms with van der Waals surface area (Å²) in [6.07, 6.45) is 0. The topological polar surface area (TPSA) is 0 Å². The first-order chi connectivity index (χ1) is 7.66. The molecule has 0 saturated heterocycles. The van der Waals surface area contributed by atoms with Crippen LogP contribution in [0.4, 0.5) is 0 Å². The van der Waals surface area contributed by atoms with Crippen molar-refractivity contribution < 1.29 is 0 Å². The van der Waals surface area contributed by atoms with Crippen LogP contribution in [0, 0.1) is 11.5 Å². The lowest BCUT2D eigenvalue weighted by atomic mass is 10.2. The number of rotatable bonds is 2. The Bertz CT molecular complexity index is 419. The smallest absolute Gasteiger partial charge is 0.127 e. The molecule has 0 fully saturated rings. The summed E-state index contributed by atoms with van der Waals surface area (Å²) >= 11 is 0. The molecule has 0 aliphatic heterocycles. The van der Waals surface area contributed by atoms with Crippen LogP contribution in [0.5, 0.6) is 0 Å². The van der Waals surface area contributed by atoms with Crippen molar-refractivity contribution in [1.29, 1.82) is 0 Å². The van der Waals surface area contributed by atoms with Crippen molar-refractivity contribution in [3.8, 4) is 11.5 Å². The van der Waals surface area contributed by atoms with Crippen LogP contribution in [-0.2, 0) is 6.04 Å². The molecule has 0 N–H and O–H groups in total. The quantitative estimate of drug-likeness (QED) is 0.548. The van der Waals surface area contributed by atoms with Gasteiger partial charge in [0.25, 0.3) is 0 Å². The van der Waals surface area contributed by atoms with Crippen LogP contribution in [0.25, 0.3) is 0 Å². The second-order valence-electron chi connectivity index (χ2n) is 6.93. The van der Waals surface area contributed by atoms with Crippen molar-refractivity contribution in [2.24, 2.45) is 0 Å². The largest absolute Gasteiger partial charge is 0.129 e. The number of benzene rings is 1. The predicted molar refractivity (Wildman–Crippen MR) is 83.7 cm³/mol. The van der Waals surface area contributed by atoms with Crippen LogP contribution in [0.3, 0.4) is 0 Å². The van der Waals surface area contributed by atoms with Gasteiger partial charge < -0.3 is 0 Å². The first-order valence-corrected chi connectivity index (χ1v) is 13.5. The molecule has 0 saturated carbocycles. The van der Waals surface area contributed by atoms with Gasteiger partial charge in [-0.2, -0.15) is 0 Å². The molecule has 0 radical (unpaired) electrons. The van der Waals surface area contributed by atoms with E-state index in [0.717, 1.165) is 5.56 Å². The zero-order chi connectivity index (χ0) is 13.1. The molecule has 1 rings (SSSR count). The molecule has 0 unspecified atom stereocenters. The van der Waals surface area contributed by atoms with Crippen LogP contribution in [0.15, 0.2) is 24.3 Å². The Kier molecular flexibility index (Phi) is 4.40. The van der Waals surface area contributed by atoms with Crippen molar-refractivity contribution in [1.82, 2.24) is 0 Å². The Hall–Kier alpha value is -0.786. The molecule has 0 heterocycles. The monoisotopic (exact) mass is 260 g/mol. The predicted octanol–water partition coefficient (Wildman–Crippen LogP) is 4.34. The summed E-state index contributed by atoms with van der Waals surface area (Å²) in [6.45, 7) is 14.1. The maximum Gasteiger partial charge on any atom is 0.129 e. The summed E-state index contributed by atoms with van der Waals surface area (Å²) in [5.74, 6) is 3.30. The molecule has 0 bridgehead atoms. The van der Waals surface area contributed by atoms with Crippen LogP contribution < -0.4 is 0 Å². The van der Waals surface area contributed by atoms with Gasteiger partial charge in [-0.15, -0.1) is 5.54 Å². The molecule has 0 aliphatic carbocycles. The third-order valence-electron chi connectivity index (χ3n) is 2.27. The second kappa shape index (κ2) is 5.24. The average Bonchev–Trinajstić information content (AvgIpc) is 2.13. The first kappa shape index (κ1) is 14.3. The molecule has 1 aromatic rings. The number of hydrogen-bond donors (Lipinski definition) is 0. The Morgan fingerprint density at radius 3 is 1.82 bits per heavy atom. The zero-order valence-electron chi connectivity index (χ0n) is 12.0. The van der Waals surface area contributed by atoms with E-state index in [4.69, 9.17) is 0 Å². The van der Waals surface area contributed by atoms with Gasteiger partial charge in [0.2, 0.25) is 0 Å². The Morgan fingerprint density at radius 2 is 1.41 bits per heavy atom. The SMILES string of the molecule is C[Si](C)(C)C#Cc1ccc(C[Si](C)(C)C)cc1. The highest BCUT2D eigenvalue weighted by Gasteiger charge is 2.13. The lowest BCUT2D eigenvalue weighted by molar-refractivity contribution is 1.31. The Balaban J connectivity index is 2.78. The molecular formula is C15H24Si2. The highest BCUT2D eigenvalue weighted by molar-refractivity contribution is 6.83. The van der Waals surface area contributed by atoms with Crippen molar-refractivity contribution in [3.63, 3.8) is 0 Å². The van der Waals surface area contributed by atoms with Crippen LogP contribution in [0.1, 0.15) is 11.1 Å². The molecule has 92 valence electrons. The molecule has 0 atom stereocenters. The van der Waals surface area contributed by atoms with E-state index in [-0.39, 0.29) is 0 Å². The van der Waals surface area contributed by atoms with E-state index in [1.165, 1.54) is 11.6 Å². The lowest BCUT2D eigenvalue weighted by Gasteiger charge is -2.15. The van der Waals surface area contributed by atoms with E-state index in [2.05, 4.69) is 75.0 Å². The third kappa shape index (κ3) is 6.50. The van der Waals surface area contributed by atoms with Gasteiger partial charge in [-0.3, -0.25) is 0 Å². The summed E-state index contributed by atoms with van der Waals surface area (Å²) in [4.78, 5) is 0. The molecule has 17 heavy (non-hydrogen) atoms. The molecule has 0 aliphatic rings. The van der Waals surface area contributed by atoms with E-state index < -0.39 is 16.1 Å². The molecule has 0 spiro atoms. The molecule has 2 heteroatoms. The third-order valence-corrected chi connectivity index (χ3v) is 4.61. The molecule has 0 nitrogen and oxygen atoms in total. The van der Waals surface area contributed by atoms with E-state index in [1.807, 2.05) is 0 Å². The van der Waals surface area contributed by atoms with Crippen LogP contribution >= 0.6 is 0 Å². The van der Waals surface area contributed by atoms with Gasteiger partial charge in [-0.25, -0.2) is 0 Å². The molecule has 0 aromatic heterocycles. The Labute approximate surface area is 108 Å². The standard InChI is InChI=1S/C15H24Si2/c1-16(2,3)12-11-14-7-9-15(10-8-14)13-17(4,5)6/h7-10H,13H2,1-6H3. The average molecular weight is 261 g/mol. The summed E-state index contributed by atoms with van der Waals surface area (Å²) < 4.78 is 0. The summed E-state index contributed by atoms with van der Waals surface area (Å²) in [7, 11) is -2.24. The number of hydrogen-bond acceptors (Lipinski definition) is 0. The fourth-order valence-electron chi connectivity index (χ4n) is 1.58. The van der Waals surface area contributed by atoms with E-state index in [0.29, 0.717) is 0 Å². The Morgan fingerprint density at radius 1 is 0.882 bits per heavy atom. The summed E-state index contributed by atoms with van der Waals surface area (Å²) in [6, 6.07) is 10.1. The van der Waals surface area contributed by atoms with Crippen molar-refractivity contribution >= 4 is 16.1 Å². The van der Waals surface area contributed by atoms with Gasteiger partial charge in [-0.05, 0) is 18.2 Å². The zero-order valence-corrected chi connectivity index (χ0v) is 14.0. The van der Waals surface area contributed by atoms with Gasteiger partial charge in [0.05, 0.1) is 0 Å². The van der Waals surface area contributed by atoms with Crippen molar-refractivity contribution in [2.75, 3.05) is 0 Å². The van der Waals surface area contributed by atoms with Gasteiger partial charge >= 0.3 is 0 Å². The maximum absolute atomic E-state index is 3.40. The fourth-order valence-corrected chi connectivity index (χ4v) is 3.56. The maximum atomic E-state index is 3.40. The van der Waals surface area contributed by atoms with Gasteiger partial charge in [0.15, 0.2) is 0 Å². The molecule has 1 aromatic carbocycles. The van der Waals surface area contributed by atoms with E-state index >= 15 is 0 Å². The van der Waals surface area contributed by atoms with Crippen molar-refractivity contribution in [2.45, 2.75) is 45.3 Å². The van der Waals surface area contributed by atoms with E-state index in [1.54, 1.807) is 0 Å². The normalized spacial score (nSPS) is 11.9. The highest BCUT2D eigenvalue weighted by atomic mass is 28.3. The minimum absolute atomic E-state index is 0.993. The van der Waals surface area contributed by atoms with Gasteiger partial charge in [0.1, 0.15) is 8.07 Å². The van der Waals surface area contributed by atoms with Gasteiger partial charge in [0, 0.05) is 13.6 Å². The van der Waals surface area contributed by atoms with Crippen LogP contribution in [0.2, 0.25) is 39.3 Å². The highest BCUT2D eigenvalue weighted by Crippen LogP contribution is 2.12. The second-order valence-corrected chi connectivity index (χ2v) is 17.2. The minimum Gasteiger partial charge on any atom is -0.127 e. The lowest BCUT2D eigenvalue weighted by Crippen LogP contribution is -2.23. The molecule has 0 amide bonds. The van der Waals surface area contributed by atoms with Gasteiger partial charge in [-0.1, -0.05) is 62.9 Å². The summed E-state index contributed by atoms with van der Waals surface area (Å²) in [5, 5.41) is 0. The first-order valence-electron chi connectivity index (χ1n) is 6.28. The molecular weight excluding hydrogens is 236 g/mol. The van der Waals surface area contributed by atoms with E-state index in [9.17, 15) is 0 Å². The summed E-state index contributed by atoms with van der Waals surface area (Å²) in [5.41, 5.74) is 6.02.